The molecule has 1 aliphatic rings. The van der Waals surface area contributed by atoms with Crippen molar-refractivity contribution in [3.8, 4) is 0 Å². The molecule has 0 aliphatic carbocycles. The lowest BCUT2D eigenvalue weighted by Crippen LogP contribution is -2.54. The molecule has 0 radical (unpaired) electrons. The first kappa shape index (κ1) is 13.5. The van der Waals surface area contributed by atoms with Gasteiger partial charge in [-0.05, 0) is 31.0 Å². The summed E-state index contributed by atoms with van der Waals surface area (Å²) in [5.74, 6) is 5.66. The highest BCUT2D eigenvalue weighted by Gasteiger charge is 2.27. The lowest BCUT2D eigenvalue weighted by atomic mass is 10.0. The van der Waals surface area contributed by atoms with Crippen molar-refractivity contribution in [1.29, 1.82) is 0 Å². The second-order valence-corrected chi connectivity index (χ2v) is 4.82. The maximum Gasteiger partial charge on any atom is 0.0935 e. The number of ether oxygens (including phenoxy) is 1. The Hall–Kier alpha value is -0.880. The Bertz CT molecular complexity index is 327. The molecule has 0 spiro atoms. The average molecular weight is 253 g/mol. The zero-order valence-corrected chi connectivity index (χ0v) is 11.0. The summed E-state index contributed by atoms with van der Waals surface area (Å²) in [6.45, 7) is 6.08. The Balaban J connectivity index is 1.90. The number of furan rings is 1. The molecule has 0 aromatic carbocycles. The summed E-state index contributed by atoms with van der Waals surface area (Å²) in [6, 6.07) is 2.10. The zero-order valence-electron chi connectivity index (χ0n) is 11.0. The van der Waals surface area contributed by atoms with Crippen molar-refractivity contribution in [2.75, 3.05) is 26.2 Å². The van der Waals surface area contributed by atoms with Crippen LogP contribution in [0.1, 0.15) is 18.9 Å². The van der Waals surface area contributed by atoms with E-state index < -0.39 is 0 Å². The number of hydrogen-bond acceptors (Lipinski definition) is 5. The van der Waals surface area contributed by atoms with Crippen molar-refractivity contribution in [2.24, 2.45) is 5.84 Å². The summed E-state index contributed by atoms with van der Waals surface area (Å²) in [6.07, 6.45) is 5.60. The molecule has 1 aromatic heterocycles. The summed E-state index contributed by atoms with van der Waals surface area (Å²) >= 11 is 0. The molecule has 0 amide bonds. The van der Waals surface area contributed by atoms with Crippen LogP contribution in [-0.4, -0.2) is 43.3 Å². The topological polar surface area (TPSA) is 63.7 Å². The minimum atomic E-state index is 0.127. The first-order valence-electron chi connectivity index (χ1n) is 6.64. The van der Waals surface area contributed by atoms with Crippen LogP contribution < -0.4 is 11.3 Å². The Morgan fingerprint density at radius 3 is 3.17 bits per heavy atom. The van der Waals surface area contributed by atoms with E-state index in [0.717, 1.165) is 38.2 Å². The molecule has 18 heavy (non-hydrogen) atoms. The first-order chi connectivity index (χ1) is 8.83. The van der Waals surface area contributed by atoms with Gasteiger partial charge in [0.25, 0.3) is 0 Å². The summed E-state index contributed by atoms with van der Waals surface area (Å²) in [5, 5.41) is 0. The van der Waals surface area contributed by atoms with Gasteiger partial charge in [0.1, 0.15) is 0 Å². The van der Waals surface area contributed by atoms with Crippen LogP contribution in [-0.2, 0) is 11.2 Å². The Morgan fingerprint density at radius 1 is 1.61 bits per heavy atom. The van der Waals surface area contributed by atoms with Crippen molar-refractivity contribution >= 4 is 0 Å². The smallest absolute Gasteiger partial charge is 0.0935 e. The van der Waals surface area contributed by atoms with Crippen LogP contribution in [0.4, 0.5) is 0 Å². The van der Waals surface area contributed by atoms with E-state index in [2.05, 4.69) is 17.2 Å². The molecule has 1 aliphatic heterocycles. The maximum absolute atomic E-state index is 5.84. The van der Waals surface area contributed by atoms with Gasteiger partial charge in [0.2, 0.25) is 0 Å². The van der Waals surface area contributed by atoms with Crippen LogP contribution in [0.15, 0.2) is 23.0 Å². The van der Waals surface area contributed by atoms with E-state index in [1.54, 1.807) is 12.5 Å². The first-order valence-corrected chi connectivity index (χ1v) is 6.64. The van der Waals surface area contributed by atoms with Crippen LogP contribution >= 0.6 is 0 Å². The molecule has 5 heteroatoms. The fourth-order valence-corrected chi connectivity index (χ4v) is 2.45. The van der Waals surface area contributed by atoms with Crippen LogP contribution in [0.2, 0.25) is 0 Å². The van der Waals surface area contributed by atoms with E-state index >= 15 is 0 Å². The minimum Gasteiger partial charge on any atom is -0.472 e. The molecule has 2 rings (SSSR count). The van der Waals surface area contributed by atoms with Crippen molar-refractivity contribution in [2.45, 2.75) is 31.9 Å². The van der Waals surface area contributed by atoms with Crippen molar-refractivity contribution in [1.82, 2.24) is 10.3 Å². The molecule has 2 heterocycles. The predicted octanol–water partition coefficient (Wildman–Crippen LogP) is 0.765. The molecule has 5 nitrogen and oxygen atoms in total. The third-order valence-electron chi connectivity index (χ3n) is 3.42. The van der Waals surface area contributed by atoms with E-state index in [-0.39, 0.29) is 12.1 Å². The zero-order chi connectivity index (χ0) is 12.8. The van der Waals surface area contributed by atoms with Gasteiger partial charge >= 0.3 is 0 Å². The molecule has 1 saturated heterocycles. The quantitative estimate of drug-likeness (QED) is 0.579. The summed E-state index contributed by atoms with van der Waals surface area (Å²) in [5.41, 5.74) is 4.03. The monoisotopic (exact) mass is 253 g/mol. The molecule has 1 aromatic rings. The van der Waals surface area contributed by atoms with Crippen LogP contribution in [0, 0.1) is 0 Å². The Kier molecular flexibility index (Phi) is 5.19. The van der Waals surface area contributed by atoms with Crippen molar-refractivity contribution in [3.63, 3.8) is 0 Å². The van der Waals surface area contributed by atoms with E-state index in [1.807, 2.05) is 6.07 Å². The maximum atomic E-state index is 5.84. The highest BCUT2D eigenvalue weighted by atomic mass is 16.5. The van der Waals surface area contributed by atoms with Gasteiger partial charge in [0.05, 0.1) is 31.3 Å². The summed E-state index contributed by atoms with van der Waals surface area (Å²) in [4.78, 5) is 2.44. The molecule has 3 N–H and O–H groups in total. The SMILES string of the molecule is CCCN1CCOC(C(Cc2ccoc2)NN)C1. The standard InChI is InChI=1S/C13H23N3O2/c1-2-4-16-5-7-18-13(9-16)12(15-14)8-11-3-6-17-10-11/h3,6,10,12-13,15H,2,4-5,7-9,14H2,1H3. The number of nitrogens with zero attached hydrogens (tertiary/aromatic N) is 1. The van der Waals surface area contributed by atoms with E-state index in [4.69, 9.17) is 15.0 Å². The van der Waals surface area contributed by atoms with Gasteiger partial charge in [-0.2, -0.15) is 0 Å². The van der Waals surface area contributed by atoms with Gasteiger partial charge in [-0.1, -0.05) is 6.92 Å². The third kappa shape index (κ3) is 3.55. The Morgan fingerprint density at radius 2 is 2.50 bits per heavy atom. The molecule has 1 fully saturated rings. The number of hydrogen-bond donors (Lipinski definition) is 2. The van der Waals surface area contributed by atoms with E-state index in [1.165, 1.54) is 6.42 Å². The van der Waals surface area contributed by atoms with E-state index in [0.29, 0.717) is 0 Å². The Labute approximate surface area is 108 Å². The minimum absolute atomic E-state index is 0.127. The lowest BCUT2D eigenvalue weighted by molar-refractivity contribution is -0.0462. The third-order valence-corrected chi connectivity index (χ3v) is 3.42. The average Bonchev–Trinajstić information content (AvgIpc) is 2.89. The number of hydrazine groups is 1. The van der Waals surface area contributed by atoms with Gasteiger partial charge in [-0.3, -0.25) is 16.2 Å². The van der Waals surface area contributed by atoms with Gasteiger partial charge in [-0.15, -0.1) is 0 Å². The number of nitrogens with one attached hydrogen (secondary N) is 1. The fraction of sp³-hybridized carbons (Fsp3) is 0.692. The highest BCUT2D eigenvalue weighted by Crippen LogP contribution is 2.13. The van der Waals surface area contributed by atoms with Gasteiger partial charge in [0, 0.05) is 13.1 Å². The van der Waals surface area contributed by atoms with Crippen molar-refractivity contribution in [3.05, 3.63) is 24.2 Å². The molecule has 0 saturated carbocycles. The summed E-state index contributed by atoms with van der Waals surface area (Å²) in [7, 11) is 0. The van der Waals surface area contributed by atoms with Crippen LogP contribution in [0.5, 0.6) is 0 Å². The van der Waals surface area contributed by atoms with E-state index in [9.17, 15) is 0 Å². The fourth-order valence-electron chi connectivity index (χ4n) is 2.45. The molecule has 102 valence electrons. The molecular weight excluding hydrogens is 230 g/mol. The number of morpholine rings is 1. The largest absolute Gasteiger partial charge is 0.472 e. The van der Waals surface area contributed by atoms with Gasteiger partial charge in [-0.25, -0.2) is 0 Å². The van der Waals surface area contributed by atoms with Crippen molar-refractivity contribution < 1.29 is 9.15 Å². The second kappa shape index (κ2) is 6.89. The van der Waals surface area contributed by atoms with Crippen LogP contribution in [0.25, 0.3) is 0 Å². The normalized spacial score (nSPS) is 23.1. The highest BCUT2D eigenvalue weighted by molar-refractivity contribution is 5.08. The predicted molar refractivity (Wildman–Crippen MR) is 70.0 cm³/mol. The number of rotatable bonds is 6. The summed E-state index contributed by atoms with van der Waals surface area (Å²) < 4.78 is 10.9. The molecule has 0 bridgehead atoms. The second-order valence-electron chi connectivity index (χ2n) is 4.82. The number of nitrogens with two attached hydrogens (primary N) is 1. The van der Waals surface area contributed by atoms with Crippen LogP contribution in [0.3, 0.4) is 0 Å². The molecule has 2 unspecified atom stereocenters. The van der Waals surface area contributed by atoms with Gasteiger partial charge < -0.3 is 9.15 Å². The molecule has 2 atom stereocenters. The molecular formula is C13H23N3O2. The lowest BCUT2D eigenvalue weighted by Gasteiger charge is -2.36. The van der Waals surface area contributed by atoms with Gasteiger partial charge in [0.15, 0.2) is 0 Å².